The van der Waals surface area contributed by atoms with Gasteiger partial charge in [0, 0.05) is 32.8 Å². The van der Waals surface area contributed by atoms with Gasteiger partial charge in [0.05, 0.1) is 34.3 Å². The Morgan fingerprint density at radius 1 is 0.288 bits per heavy atom. The molecule has 3 nitrogen and oxygen atoms in total. The number of rotatable bonds is 7. The Morgan fingerprint density at radius 3 is 0.945 bits per heavy atom. The van der Waals surface area contributed by atoms with Gasteiger partial charge in [0.1, 0.15) is 0 Å². The first kappa shape index (κ1) is 45.4. The van der Waals surface area contributed by atoms with Crippen LogP contribution in [0.5, 0.6) is 0 Å². The third-order valence-corrected chi connectivity index (χ3v) is 14.8. The van der Waals surface area contributed by atoms with Crippen molar-refractivity contribution < 1.29 is 0 Å². The fraction of sp³-hybridized carbons (Fsp3) is 0.129. The molecule has 0 aliphatic carbocycles. The Kier molecular flexibility index (Phi) is 10.9. The minimum absolute atomic E-state index is 0.605. The van der Waals surface area contributed by atoms with Crippen LogP contribution < -0.4 is 0 Å². The van der Waals surface area contributed by atoms with E-state index in [-0.39, 0.29) is 0 Å². The van der Waals surface area contributed by atoms with E-state index in [2.05, 4.69) is 252 Å². The minimum Gasteiger partial charge on any atom is -0.310 e. The summed E-state index contributed by atoms with van der Waals surface area (Å²) in [5.74, 6) is 0. The lowest BCUT2D eigenvalue weighted by Crippen LogP contribution is -2.02. The highest BCUT2D eigenvalue weighted by atomic mass is 15.0. The highest BCUT2D eigenvalue weighted by Gasteiger charge is 2.24. The van der Waals surface area contributed by atoms with Crippen LogP contribution in [0.2, 0.25) is 0 Å². The number of benzene rings is 10. The molecule has 0 amide bonds. The monoisotopic (exact) mass is 939 g/mol. The van der Waals surface area contributed by atoms with Gasteiger partial charge in [-0.1, -0.05) is 171 Å². The van der Waals surface area contributed by atoms with Gasteiger partial charge in [0.2, 0.25) is 0 Å². The van der Waals surface area contributed by atoms with E-state index in [1.807, 2.05) is 6.07 Å². The molecule has 0 aliphatic rings. The summed E-state index contributed by atoms with van der Waals surface area (Å²) in [5, 5.41) is 4.71. The number of nitrogens with zero attached hydrogens (tertiary/aromatic N) is 3. The van der Waals surface area contributed by atoms with E-state index in [1.54, 1.807) is 0 Å². The second kappa shape index (κ2) is 17.5. The largest absolute Gasteiger partial charge is 0.310 e. The first-order chi connectivity index (χ1) is 35.3. The number of fused-ring (bicyclic) bond motifs is 6. The van der Waals surface area contributed by atoms with Gasteiger partial charge < -0.3 is 9.13 Å². The molecule has 2 aromatic heterocycles. The van der Waals surface area contributed by atoms with Gasteiger partial charge in [-0.2, -0.15) is 0 Å². The molecule has 10 aromatic carbocycles. The number of aryl methyl sites for hydroxylation is 9. The molecule has 352 valence electrons. The van der Waals surface area contributed by atoms with Gasteiger partial charge in [0.15, 0.2) is 5.69 Å². The Morgan fingerprint density at radius 2 is 0.616 bits per heavy atom. The Hall–Kier alpha value is -8.71. The molecule has 0 N–H and O–H groups in total. The SMILES string of the molecule is [C-]#[N+]c1cccc(-n2c3ccc(-c4cc(C)cc(C)c4)cc3c3cc(-c4cc(C)cc(C)c4)ccc32)c1-c1cc(C)ccc1-n1c2ccc(-c3cc(C)cc(C)c3)cc2c2cc(-c3cc(C)cc(C)c3)ccc21. The van der Waals surface area contributed by atoms with Crippen LogP contribution in [-0.2, 0) is 0 Å². The van der Waals surface area contributed by atoms with Crippen molar-refractivity contribution in [2.75, 3.05) is 0 Å². The first-order valence-electron chi connectivity index (χ1n) is 25.4. The van der Waals surface area contributed by atoms with Gasteiger partial charge >= 0.3 is 0 Å². The van der Waals surface area contributed by atoms with Crippen LogP contribution in [0.1, 0.15) is 50.1 Å². The van der Waals surface area contributed by atoms with Gasteiger partial charge in [-0.3, -0.25) is 0 Å². The first-order valence-corrected chi connectivity index (χ1v) is 25.4. The number of aromatic nitrogens is 2. The fourth-order valence-corrected chi connectivity index (χ4v) is 12.0. The molecule has 0 atom stereocenters. The van der Waals surface area contributed by atoms with Gasteiger partial charge in [0.25, 0.3) is 0 Å². The fourth-order valence-electron chi connectivity index (χ4n) is 12.0. The van der Waals surface area contributed by atoms with Crippen LogP contribution in [0.25, 0.3) is 115 Å². The van der Waals surface area contributed by atoms with Gasteiger partial charge in [-0.15, -0.1) is 0 Å². The summed E-state index contributed by atoms with van der Waals surface area (Å²) in [6.07, 6.45) is 0. The lowest BCUT2D eigenvalue weighted by molar-refractivity contribution is 1.16. The topological polar surface area (TPSA) is 14.2 Å². The third-order valence-electron chi connectivity index (χ3n) is 14.8. The lowest BCUT2D eigenvalue weighted by Gasteiger charge is -2.20. The van der Waals surface area contributed by atoms with Crippen molar-refractivity contribution >= 4 is 49.3 Å². The summed E-state index contributed by atoms with van der Waals surface area (Å²) in [6.45, 7) is 28.4. The number of hydrogen-bond acceptors (Lipinski definition) is 0. The maximum absolute atomic E-state index is 8.84. The van der Waals surface area contributed by atoms with Gasteiger partial charge in [-0.05, 0) is 173 Å². The summed E-state index contributed by atoms with van der Waals surface area (Å²) < 4.78 is 4.86. The molecular formula is C70H57N3. The summed E-state index contributed by atoms with van der Waals surface area (Å²) in [5.41, 5.74) is 29.6. The van der Waals surface area contributed by atoms with Crippen molar-refractivity contribution in [3.63, 3.8) is 0 Å². The molecule has 73 heavy (non-hydrogen) atoms. The molecule has 0 saturated carbocycles. The van der Waals surface area contributed by atoms with Crippen molar-refractivity contribution in [1.82, 2.24) is 9.13 Å². The third kappa shape index (κ3) is 8.01. The molecule has 0 unspecified atom stereocenters. The van der Waals surface area contributed by atoms with Crippen molar-refractivity contribution in [3.05, 3.63) is 243 Å². The average molecular weight is 940 g/mol. The van der Waals surface area contributed by atoms with Crippen LogP contribution >= 0.6 is 0 Å². The maximum Gasteiger partial charge on any atom is 0.197 e. The van der Waals surface area contributed by atoms with Crippen LogP contribution in [-0.4, -0.2) is 9.13 Å². The second-order valence-corrected chi connectivity index (χ2v) is 20.9. The zero-order valence-electron chi connectivity index (χ0n) is 43.2. The maximum atomic E-state index is 8.84. The van der Waals surface area contributed by atoms with E-state index in [0.29, 0.717) is 5.69 Å². The predicted octanol–water partition coefficient (Wildman–Crippen LogP) is 19.5. The Labute approximate surface area is 429 Å². The van der Waals surface area contributed by atoms with Crippen molar-refractivity contribution in [3.8, 4) is 67.0 Å². The molecule has 0 fully saturated rings. The highest BCUT2D eigenvalue weighted by molar-refractivity contribution is 6.14. The van der Waals surface area contributed by atoms with Crippen LogP contribution in [0, 0.1) is 68.9 Å². The predicted molar refractivity (Wildman–Crippen MR) is 311 cm³/mol. The molecule has 0 aliphatic heterocycles. The lowest BCUT2D eigenvalue weighted by atomic mass is 9.96. The highest BCUT2D eigenvalue weighted by Crippen LogP contribution is 2.47. The van der Waals surface area contributed by atoms with E-state index >= 15 is 0 Å². The summed E-state index contributed by atoms with van der Waals surface area (Å²) in [4.78, 5) is 4.34. The van der Waals surface area contributed by atoms with Crippen molar-refractivity contribution in [2.24, 2.45) is 0 Å². The summed E-state index contributed by atoms with van der Waals surface area (Å²) in [7, 11) is 0. The molecule has 0 spiro atoms. The van der Waals surface area contributed by atoms with E-state index in [0.717, 1.165) is 50.1 Å². The normalized spacial score (nSPS) is 11.6. The van der Waals surface area contributed by atoms with E-state index in [9.17, 15) is 0 Å². The quantitative estimate of drug-likeness (QED) is 0.141. The smallest absolute Gasteiger partial charge is 0.197 e. The minimum atomic E-state index is 0.605. The molecule has 0 bridgehead atoms. The zero-order chi connectivity index (χ0) is 50.4. The molecule has 3 heteroatoms. The molecule has 12 aromatic rings. The van der Waals surface area contributed by atoms with Crippen LogP contribution in [0.4, 0.5) is 5.69 Å². The van der Waals surface area contributed by atoms with E-state index < -0.39 is 0 Å². The van der Waals surface area contributed by atoms with Crippen molar-refractivity contribution in [1.29, 1.82) is 0 Å². The molecule has 2 heterocycles. The Bertz CT molecular complexity index is 4020. The van der Waals surface area contributed by atoms with E-state index in [1.165, 1.54) is 111 Å². The molecular weight excluding hydrogens is 883 g/mol. The molecule has 12 rings (SSSR count). The molecule has 0 saturated heterocycles. The van der Waals surface area contributed by atoms with Gasteiger partial charge in [-0.25, -0.2) is 4.85 Å². The average Bonchev–Trinajstić information content (AvgIpc) is 3.86. The van der Waals surface area contributed by atoms with E-state index in [4.69, 9.17) is 6.57 Å². The second-order valence-electron chi connectivity index (χ2n) is 20.9. The summed E-state index contributed by atoms with van der Waals surface area (Å²) >= 11 is 0. The van der Waals surface area contributed by atoms with Crippen LogP contribution in [0.3, 0.4) is 0 Å². The zero-order valence-corrected chi connectivity index (χ0v) is 43.2. The Balaban J connectivity index is 1.14. The number of hydrogen-bond donors (Lipinski definition) is 0. The van der Waals surface area contributed by atoms with Crippen molar-refractivity contribution in [2.45, 2.75) is 62.3 Å². The van der Waals surface area contributed by atoms with Crippen LogP contribution in [0.15, 0.2) is 182 Å². The molecule has 0 radical (unpaired) electrons. The standard InChI is InChI=1S/C70H57N3/c1-41-14-19-68(72-64-20-15-50(54-28-42(2)24-43(3)29-54)37-58(64)59-38-51(16-21-65(59)72)55-30-44(4)25-45(5)31-55)62(36-41)70-63(71-10)12-11-13-69(70)73-66-22-17-52(56-32-46(6)26-47(7)33-56)39-60(66)61-40-53(18-23-67(61)73)57-34-48(8)27-49(9)35-57/h11-40H,1-9H3. The summed E-state index contributed by atoms with van der Waals surface area (Å²) in [6, 6.07) is 68.1.